The van der Waals surface area contributed by atoms with Crippen molar-refractivity contribution >= 4 is 54.5 Å². The van der Waals surface area contributed by atoms with E-state index >= 15 is 0 Å². The van der Waals surface area contributed by atoms with Crippen LogP contribution in [0.15, 0.2) is 130 Å². The maximum absolute atomic E-state index is 6.41. The maximum Gasteiger partial charge on any atom is 0.179 e. The van der Waals surface area contributed by atoms with E-state index in [2.05, 4.69) is 97.1 Å². The Labute approximate surface area is 207 Å². The van der Waals surface area contributed by atoms with Crippen molar-refractivity contribution in [3.8, 4) is 22.3 Å². The number of para-hydroxylation sites is 1. The van der Waals surface area contributed by atoms with Crippen LogP contribution in [0.3, 0.4) is 0 Å². The molecule has 0 aliphatic carbocycles. The molecule has 0 saturated carbocycles. The van der Waals surface area contributed by atoms with Crippen molar-refractivity contribution in [2.45, 2.75) is 0 Å². The smallest absolute Gasteiger partial charge is 0.179 e. The van der Waals surface area contributed by atoms with Gasteiger partial charge in [-0.15, -0.1) is 0 Å². The van der Waals surface area contributed by atoms with Gasteiger partial charge in [-0.05, 0) is 62.0 Å². The average molecular weight is 461 g/mol. The van der Waals surface area contributed by atoms with Gasteiger partial charge in [0, 0.05) is 16.2 Å². The first-order valence-corrected chi connectivity index (χ1v) is 12.2. The summed E-state index contributed by atoms with van der Waals surface area (Å²) in [5.41, 5.74) is 7.33. The number of hydrogen-bond donors (Lipinski definition) is 0. The van der Waals surface area contributed by atoms with E-state index in [-0.39, 0.29) is 0 Å². The largest absolute Gasteiger partial charge is 0.460 e. The second-order valence-electron chi connectivity index (χ2n) is 9.27. The van der Waals surface area contributed by atoms with Crippen molar-refractivity contribution in [2.75, 3.05) is 0 Å². The molecular weight excluding hydrogens is 440 g/mol. The summed E-state index contributed by atoms with van der Waals surface area (Å²) >= 11 is 0. The summed E-state index contributed by atoms with van der Waals surface area (Å²) in [4.78, 5) is 0. The van der Waals surface area contributed by atoms with E-state index in [1.807, 2.05) is 18.2 Å². The van der Waals surface area contributed by atoms with E-state index in [4.69, 9.17) is 8.83 Å². The van der Waals surface area contributed by atoms with Gasteiger partial charge < -0.3 is 8.83 Å². The van der Waals surface area contributed by atoms with Gasteiger partial charge in [0.2, 0.25) is 0 Å². The van der Waals surface area contributed by atoms with Crippen molar-refractivity contribution in [3.63, 3.8) is 0 Å². The molecule has 0 aliphatic rings. The molecule has 0 atom stereocenters. The second-order valence-corrected chi connectivity index (χ2v) is 9.27. The van der Waals surface area contributed by atoms with E-state index in [0.29, 0.717) is 0 Å². The van der Waals surface area contributed by atoms with Crippen molar-refractivity contribution in [3.05, 3.63) is 122 Å². The minimum Gasteiger partial charge on any atom is -0.460 e. The summed E-state index contributed by atoms with van der Waals surface area (Å²) in [6.07, 6.45) is 1.75. The number of hydrogen-bond acceptors (Lipinski definition) is 2. The van der Waals surface area contributed by atoms with Gasteiger partial charge in [-0.3, -0.25) is 0 Å². The predicted molar refractivity (Wildman–Crippen MR) is 149 cm³/mol. The van der Waals surface area contributed by atoms with E-state index in [9.17, 15) is 0 Å². The van der Waals surface area contributed by atoms with Crippen molar-refractivity contribution in [1.82, 2.24) is 0 Å². The Morgan fingerprint density at radius 2 is 1.06 bits per heavy atom. The zero-order chi connectivity index (χ0) is 23.6. The third kappa shape index (κ3) is 2.61. The molecule has 0 bridgehead atoms. The van der Waals surface area contributed by atoms with E-state index in [1.165, 1.54) is 38.2 Å². The molecule has 8 rings (SSSR count). The lowest BCUT2D eigenvalue weighted by Gasteiger charge is -2.18. The van der Waals surface area contributed by atoms with Gasteiger partial charge in [-0.2, -0.15) is 0 Å². The fourth-order valence-electron chi connectivity index (χ4n) is 5.85. The first kappa shape index (κ1) is 19.5. The van der Waals surface area contributed by atoms with Crippen LogP contribution in [0.4, 0.5) is 0 Å². The fraction of sp³-hybridized carbons (Fsp3) is 0. The third-order valence-corrected chi connectivity index (χ3v) is 7.33. The topological polar surface area (TPSA) is 26.3 Å². The Kier molecular flexibility index (Phi) is 3.97. The molecule has 0 amide bonds. The van der Waals surface area contributed by atoms with Crippen LogP contribution < -0.4 is 0 Å². The normalized spacial score (nSPS) is 11.9. The Morgan fingerprint density at radius 3 is 1.75 bits per heavy atom. The van der Waals surface area contributed by atoms with Crippen LogP contribution in [-0.4, -0.2) is 0 Å². The van der Waals surface area contributed by atoms with Crippen LogP contribution in [0.2, 0.25) is 0 Å². The summed E-state index contributed by atoms with van der Waals surface area (Å²) in [5, 5.41) is 8.17. The van der Waals surface area contributed by atoms with Gasteiger partial charge in [0.15, 0.2) is 11.2 Å². The maximum atomic E-state index is 6.41. The Bertz CT molecular complexity index is 2030. The van der Waals surface area contributed by atoms with Crippen molar-refractivity contribution < 1.29 is 8.83 Å². The molecule has 0 saturated heterocycles. The highest BCUT2D eigenvalue weighted by Crippen LogP contribution is 2.48. The lowest BCUT2D eigenvalue weighted by Crippen LogP contribution is -1.91. The second kappa shape index (κ2) is 7.34. The van der Waals surface area contributed by atoms with Gasteiger partial charge in [0.1, 0.15) is 5.58 Å². The summed E-state index contributed by atoms with van der Waals surface area (Å²) in [6, 6.07) is 40.8. The summed E-state index contributed by atoms with van der Waals surface area (Å²) in [5.74, 6) is 0. The van der Waals surface area contributed by atoms with Gasteiger partial charge >= 0.3 is 0 Å². The highest BCUT2D eigenvalue weighted by atomic mass is 16.4. The van der Waals surface area contributed by atoms with Crippen LogP contribution in [0.25, 0.3) is 76.7 Å². The fourth-order valence-corrected chi connectivity index (χ4v) is 5.85. The molecule has 0 unspecified atom stereocenters. The predicted octanol–water partition coefficient (Wildman–Crippen LogP) is 9.97. The molecule has 2 heteroatoms. The zero-order valence-corrected chi connectivity index (χ0v) is 19.4. The van der Waals surface area contributed by atoms with Gasteiger partial charge in [0.25, 0.3) is 0 Å². The van der Waals surface area contributed by atoms with Crippen molar-refractivity contribution in [2.24, 2.45) is 0 Å². The standard InChI is InChI=1S/C34H20O2/c1-2-10-21(11-3-1)30-23-12-4-6-14-25(23)31(26-15-7-5-13-24(26)30)28-20-22-18-19-35-33(22)34-32(28)27-16-8-9-17-29(27)36-34/h1-20H. The summed E-state index contributed by atoms with van der Waals surface area (Å²) in [7, 11) is 0. The highest BCUT2D eigenvalue weighted by Gasteiger charge is 2.22. The third-order valence-electron chi connectivity index (χ3n) is 7.33. The minimum atomic E-state index is 0.791. The molecule has 2 aromatic heterocycles. The molecule has 0 N–H and O–H groups in total. The number of fused-ring (bicyclic) bond motifs is 7. The molecule has 0 spiro atoms. The van der Waals surface area contributed by atoms with Crippen LogP contribution in [-0.2, 0) is 0 Å². The molecule has 0 fully saturated rings. The van der Waals surface area contributed by atoms with Crippen LogP contribution >= 0.6 is 0 Å². The van der Waals surface area contributed by atoms with Crippen LogP contribution in [0.1, 0.15) is 0 Å². The Hall–Kier alpha value is -4.82. The SMILES string of the molecule is c1ccc(-c2c3ccccc3c(-c3cc4ccoc4c4oc5ccccc5c34)c3ccccc23)cc1. The Balaban J connectivity index is 1.64. The summed E-state index contributed by atoms with van der Waals surface area (Å²) in [6.45, 7) is 0. The molecule has 168 valence electrons. The zero-order valence-electron chi connectivity index (χ0n) is 19.4. The highest BCUT2D eigenvalue weighted by molar-refractivity contribution is 6.28. The first-order valence-electron chi connectivity index (χ1n) is 12.2. The number of furan rings is 2. The number of benzene rings is 6. The molecule has 6 aromatic carbocycles. The minimum absolute atomic E-state index is 0.791. The molecule has 8 aromatic rings. The average Bonchev–Trinajstić information content (AvgIpc) is 3.56. The first-order chi connectivity index (χ1) is 17.9. The van der Waals surface area contributed by atoms with Gasteiger partial charge in [-0.1, -0.05) is 97.1 Å². The molecule has 0 radical (unpaired) electrons. The van der Waals surface area contributed by atoms with E-state index in [1.54, 1.807) is 6.26 Å². The molecule has 0 aliphatic heterocycles. The molecular formula is C34H20O2. The quantitative estimate of drug-likeness (QED) is 0.240. The lowest BCUT2D eigenvalue weighted by atomic mass is 9.84. The number of rotatable bonds is 2. The van der Waals surface area contributed by atoms with Crippen molar-refractivity contribution in [1.29, 1.82) is 0 Å². The van der Waals surface area contributed by atoms with E-state index < -0.39 is 0 Å². The van der Waals surface area contributed by atoms with Crippen LogP contribution in [0.5, 0.6) is 0 Å². The molecule has 2 nitrogen and oxygen atoms in total. The monoisotopic (exact) mass is 460 g/mol. The molecule has 2 heterocycles. The van der Waals surface area contributed by atoms with Gasteiger partial charge in [0.05, 0.1) is 6.26 Å². The van der Waals surface area contributed by atoms with E-state index in [0.717, 1.165) is 38.5 Å². The summed E-state index contributed by atoms with van der Waals surface area (Å²) < 4.78 is 12.3. The Morgan fingerprint density at radius 1 is 0.472 bits per heavy atom. The van der Waals surface area contributed by atoms with Gasteiger partial charge in [-0.25, -0.2) is 0 Å². The lowest BCUT2D eigenvalue weighted by molar-refractivity contribution is 0.600. The molecule has 36 heavy (non-hydrogen) atoms. The van der Waals surface area contributed by atoms with Crippen LogP contribution in [0, 0.1) is 0 Å².